The van der Waals surface area contributed by atoms with Gasteiger partial charge in [-0.3, -0.25) is 9.69 Å². The van der Waals surface area contributed by atoms with Crippen molar-refractivity contribution in [3.05, 3.63) is 54.0 Å². The van der Waals surface area contributed by atoms with Crippen LogP contribution in [0.5, 0.6) is 5.75 Å². The number of ether oxygens (including phenoxy) is 1. The highest BCUT2D eigenvalue weighted by atomic mass is 16.5. The van der Waals surface area contributed by atoms with Crippen LogP contribution in [0.2, 0.25) is 0 Å². The fourth-order valence-corrected chi connectivity index (χ4v) is 3.15. The summed E-state index contributed by atoms with van der Waals surface area (Å²) in [5.41, 5.74) is 0.694. The number of rotatable bonds is 8. The standard InChI is InChI=1S/C19H24N2O3/c1-23-16-8-6-15(7-9-16)18(22)14-20-13-17(19-5-4-12-24-19)21-10-2-3-11-21/h4-9,12,17,20H,2-3,10-11,13-14H2,1H3. The van der Waals surface area contributed by atoms with Gasteiger partial charge in [-0.1, -0.05) is 0 Å². The molecular weight excluding hydrogens is 304 g/mol. The SMILES string of the molecule is COc1ccc(C(=O)CNCC(c2ccco2)N2CCCC2)cc1. The van der Waals surface area contributed by atoms with Crippen LogP contribution in [0.4, 0.5) is 0 Å². The molecule has 1 fully saturated rings. The number of hydrogen-bond donors (Lipinski definition) is 1. The van der Waals surface area contributed by atoms with Gasteiger partial charge in [0.25, 0.3) is 0 Å². The zero-order chi connectivity index (χ0) is 16.8. The van der Waals surface area contributed by atoms with Crippen molar-refractivity contribution >= 4 is 5.78 Å². The van der Waals surface area contributed by atoms with Crippen molar-refractivity contribution in [3.63, 3.8) is 0 Å². The summed E-state index contributed by atoms with van der Waals surface area (Å²) in [6.45, 7) is 3.19. The van der Waals surface area contributed by atoms with Crippen molar-refractivity contribution in [2.24, 2.45) is 0 Å². The second kappa shape index (κ2) is 8.13. The molecular formula is C19H24N2O3. The Kier molecular flexibility index (Phi) is 5.67. The summed E-state index contributed by atoms with van der Waals surface area (Å²) in [7, 11) is 1.62. The number of methoxy groups -OCH3 is 1. The van der Waals surface area contributed by atoms with Crippen molar-refractivity contribution in [2.45, 2.75) is 18.9 Å². The van der Waals surface area contributed by atoms with E-state index >= 15 is 0 Å². The molecule has 5 nitrogen and oxygen atoms in total. The molecule has 0 bridgehead atoms. The zero-order valence-electron chi connectivity index (χ0n) is 14.0. The van der Waals surface area contributed by atoms with Gasteiger partial charge in [0.2, 0.25) is 0 Å². The predicted molar refractivity (Wildman–Crippen MR) is 92.5 cm³/mol. The van der Waals surface area contributed by atoms with E-state index in [4.69, 9.17) is 9.15 Å². The van der Waals surface area contributed by atoms with Gasteiger partial charge < -0.3 is 14.5 Å². The number of furan rings is 1. The van der Waals surface area contributed by atoms with Gasteiger partial charge >= 0.3 is 0 Å². The second-order valence-electron chi connectivity index (χ2n) is 6.06. The average molecular weight is 328 g/mol. The van der Waals surface area contributed by atoms with Crippen LogP contribution < -0.4 is 10.1 Å². The average Bonchev–Trinajstić information content (AvgIpc) is 3.32. The molecule has 1 aromatic carbocycles. The molecule has 0 spiro atoms. The van der Waals surface area contributed by atoms with E-state index in [1.165, 1.54) is 12.8 Å². The molecule has 0 radical (unpaired) electrons. The maximum atomic E-state index is 12.3. The van der Waals surface area contributed by atoms with Crippen molar-refractivity contribution in [1.29, 1.82) is 0 Å². The topological polar surface area (TPSA) is 54.7 Å². The monoisotopic (exact) mass is 328 g/mol. The highest BCUT2D eigenvalue weighted by Gasteiger charge is 2.25. The zero-order valence-corrected chi connectivity index (χ0v) is 14.0. The van der Waals surface area contributed by atoms with Gasteiger partial charge in [0.15, 0.2) is 5.78 Å². The quantitative estimate of drug-likeness (QED) is 0.755. The van der Waals surface area contributed by atoms with E-state index in [9.17, 15) is 4.79 Å². The third-order valence-electron chi connectivity index (χ3n) is 4.49. The summed E-state index contributed by atoms with van der Waals surface area (Å²) in [5, 5.41) is 3.30. The van der Waals surface area contributed by atoms with Gasteiger partial charge in [-0.15, -0.1) is 0 Å². The van der Waals surface area contributed by atoms with E-state index in [1.807, 2.05) is 24.3 Å². The highest BCUT2D eigenvalue weighted by molar-refractivity contribution is 5.97. The summed E-state index contributed by atoms with van der Waals surface area (Å²) < 4.78 is 10.7. The fourth-order valence-electron chi connectivity index (χ4n) is 3.15. The summed E-state index contributed by atoms with van der Waals surface area (Å²) in [5.74, 6) is 1.80. The maximum absolute atomic E-state index is 12.3. The molecule has 1 N–H and O–H groups in total. The lowest BCUT2D eigenvalue weighted by Crippen LogP contribution is -2.36. The molecule has 128 valence electrons. The minimum Gasteiger partial charge on any atom is -0.497 e. The van der Waals surface area contributed by atoms with E-state index in [1.54, 1.807) is 25.5 Å². The number of likely N-dealkylation sites (tertiary alicyclic amines) is 1. The van der Waals surface area contributed by atoms with Crippen molar-refractivity contribution < 1.29 is 13.9 Å². The molecule has 3 rings (SSSR count). The minimum absolute atomic E-state index is 0.0808. The number of carbonyl (C=O) groups excluding carboxylic acids is 1. The molecule has 24 heavy (non-hydrogen) atoms. The van der Waals surface area contributed by atoms with Gasteiger partial charge in [-0.2, -0.15) is 0 Å². The summed E-state index contributed by atoms with van der Waals surface area (Å²) in [6.07, 6.45) is 4.16. The number of nitrogens with zero attached hydrogens (tertiary/aromatic N) is 1. The van der Waals surface area contributed by atoms with Crippen LogP contribution in [0.25, 0.3) is 0 Å². The van der Waals surface area contributed by atoms with Crippen LogP contribution in [-0.4, -0.2) is 44.0 Å². The summed E-state index contributed by atoms with van der Waals surface area (Å²) >= 11 is 0. The third-order valence-corrected chi connectivity index (χ3v) is 4.49. The first kappa shape index (κ1) is 16.7. The Labute approximate surface area is 142 Å². The smallest absolute Gasteiger partial charge is 0.176 e. The lowest BCUT2D eigenvalue weighted by molar-refractivity contribution is 0.0986. The first-order valence-corrected chi connectivity index (χ1v) is 8.43. The fraction of sp³-hybridized carbons (Fsp3) is 0.421. The Bertz CT molecular complexity index is 631. The van der Waals surface area contributed by atoms with Crippen LogP contribution in [-0.2, 0) is 0 Å². The number of nitrogens with one attached hydrogen (secondary N) is 1. The van der Waals surface area contributed by atoms with E-state index in [2.05, 4.69) is 10.2 Å². The van der Waals surface area contributed by atoms with E-state index in [0.29, 0.717) is 18.7 Å². The first-order valence-electron chi connectivity index (χ1n) is 8.43. The molecule has 1 aromatic heterocycles. The van der Waals surface area contributed by atoms with Gasteiger partial charge in [0, 0.05) is 12.1 Å². The van der Waals surface area contributed by atoms with Crippen LogP contribution >= 0.6 is 0 Å². The van der Waals surface area contributed by atoms with Gasteiger partial charge in [-0.25, -0.2) is 0 Å². The van der Waals surface area contributed by atoms with Gasteiger partial charge in [0.05, 0.1) is 26.0 Å². The van der Waals surface area contributed by atoms with Crippen molar-refractivity contribution in [1.82, 2.24) is 10.2 Å². The Hall–Kier alpha value is -2.11. The molecule has 1 atom stereocenters. The maximum Gasteiger partial charge on any atom is 0.176 e. The summed E-state index contributed by atoms with van der Waals surface area (Å²) in [6, 6.07) is 11.3. The molecule has 2 aromatic rings. The normalized spacial score (nSPS) is 16.2. The predicted octanol–water partition coefficient (Wildman–Crippen LogP) is 2.90. The number of carbonyl (C=O) groups is 1. The lowest BCUT2D eigenvalue weighted by Gasteiger charge is -2.26. The highest BCUT2D eigenvalue weighted by Crippen LogP contribution is 2.24. The second-order valence-corrected chi connectivity index (χ2v) is 6.06. The van der Waals surface area contributed by atoms with Crippen LogP contribution in [0.1, 0.15) is 35.0 Å². The number of Topliss-reactive ketones (excluding diaryl/α,β-unsaturated/α-hetero) is 1. The molecule has 2 heterocycles. The van der Waals surface area contributed by atoms with Crippen molar-refractivity contribution in [2.75, 3.05) is 33.3 Å². The Balaban J connectivity index is 1.55. The molecule has 1 saturated heterocycles. The number of ketones is 1. The Morgan fingerprint density at radius 3 is 2.62 bits per heavy atom. The largest absolute Gasteiger partial charge is 0.497 e. The minimum atomic E-state index is 0.0808. The van der Waals surface area contributed by atoms with Crippen LogP contribution in [0.15, 0.2) is 47.1 Å². The van der Waals surface area contributed by atoms with Gasteiger partial charge in [-0.05, 0) is 62.3 Å². The molecule has 1 aliphatic heterocycles. The van der Waals surface area contributed by atoms with Crippen molar-refractivity contribution in [3.8, 4) is 5.75 Å². The molecule has 0 aliphatic carbocycles. The third kappa shape index (κ3) is 4.04. The molecule has 1 unspecified atom stereocenters. The van der Waals surface area contributed by atoms with Crippen LogP contribution in [0.3, 0.4) is 0 Å². The van der Waals surface area contributed by atoms with E-state index < -0.39 is 0 Å². The number of benzene rings is 1. The first-order chi connectivity index (χ1) is 11.8. The van der Waals surface area contributed by atoms with E-state index in [-0.39, 0.29) is 11.8 Å². The van der Waals surface area contributed by atoms with E-state index in [0.717, 1.165) is 24.6 Å². The number of hydrogen-bond acceptors (Lipinski definition) is 5. The van der Waals surface area contributed by atoms with Crippen LogP contribution in [0, 0.1) is 0 Å². The molecule has 0 amide bonds. The molecule has 5 heteroatoms. The van der Waals surface area contributed by atoms with Gasteiger partial charge in [0.1, 0.15) is 11.5 Å². The Morgan fingerprint density at radius 1 is 1.25 bits per heavy atom. The Morgan fingerprint density at radius 2 is 2.00 bits per heavy atom. The lowest BCUT2D eigenvalue weighted by atomic mass is 10.1. The molecule has 0 saturated carbocycles. The summed E-state index contributed by atoms with van der Waals surface area (Å²) in [4.78, 5) is 14.7. The molecule has 1 aliphatic rings.